The molecule has 0 radical (unpaired) electrons. The zero-order valence-corrected chi connectivity index (χ0v) is 12.7. The summed E-state index contributed by atoms with van der Waals surface area (Å²) in [4.78, 5) is 11.8. The van der Waals surface area contributed by atoms with Gasteiger partial charge in [-0.25, -0.2) is 0 Å². The van der Waals surface area contributed by atoms with Crippen LogP contribution in [0.2, 0.25) is 0 Å². The third kappa shape index (κ3) is 3.93. The number of benzene rings is 1. The van der Waals surface area contributed by atoms with Crippen molar-refractivity contribution in [3.63, 3.8) is 0 Å². The zero-order valence-electron chi connectivity index (χ0n) is 11.1. The smallest absolute Gasteiger partial charge is 0.309 e. The van der Waals surface area contributed by atoms with Crippen LogP contribution in [0.3, 0.4) is 0 Å². The molecule has 2 rings (SSSR count). The highest BCUT2D eigenvalue weighted by Gasteiger charge is 2.29. The Morgan fingerprint density at radius 1 is 1.26 bits per heavy atom. The number of carbonyl (C=O) groups is 1. The van der Waals surface area contributed by atoms with Crippen LogP contribution in [0.1, 0.15) is 31.2 Å². The lowest BCUT2D eigenvalue weighted by Gasteiger charge is -2.27. The lowest BCUT2D eigenvalue weighted by atomic mass is 9.79. The van der Waals surface area contributed by atoms with Gasteiger partial charge in [0, 0.05) is 4.47 Å². The molecule has 3 heteroatoms. The molecule has 19 heavy (non-hydrogen) atoms. The molecule has 0 heterocycles. The Kier molecular flexibility index (Phi) is 5.20. The van der Waals surface area contributed by atoms with Gasteiger partial charge in [-0.05, 0) is 36.5 Å². The van der Waals surface area contributed by atoms with Gasteiger partial charge in [0.15, 0.2) is 0 Å². The number of esters is 1. The van der Waals surface area contributed by atoms with Crippen LogP contribution in [0.15, 0.2) is 34.8 Å². The number of ether oxygens (including phenoxy) is 1. The summed E-state index contributed by atoms with van der Waals surface area (Å²) < 4.78 is 5.99. The lowest BCUT2D eigenvalue weighted by molar-refractivity contribution is -0.147. The molecule has 0 amide bonds. The quantitative estimate of drug-likeness (QED) is 0.769. The fourth-order valence-corrected chi connectivity index (χ4v) is 2.91. The minimum Gasteiger partial charge on any atom is -0.469 e. The van der Waals surface area contributed by atoms with Crippen molar-refractivity contribution in [2.24, 2.45) is 11.8 Å². The summed E-state index contributed by atoms with van der Waals surface area (Å²) in [6.07, 6.45) is 8.63. The maximum absolute atomic E-state index is 11.8. The van der Waals surface area contributed by atoms with E-state index in [-0.39, 0.29) is 11.9 Å². The molecule has 1 aliphatic rings. The first kappa shape index (κ1) is 14.3. The van der Waals surface area contributed by atoms with Gasteiger partial charge in [-0.15, -0.1) is 0 Å². The molecule has 1 aromatic carbocycles. The van der Waals surface area contributed by atoms with Gasteiger partial charge in [-0.1, -0.05) is 53.1 Å². The average molecular weight is 323 g/mol. The number of hydrogen-bond donors (Lipinski definition) is 0. The Labute approximate surface area is 123 Å². The molecular formula is C16H19BrO2. The van der Waals surface area contributed by atoms with Crippen molar-refractivity contribution in [1.82, 2.24) is 0 Å². The van der Waals surface area contributed by atoms with Gasteiger partial charge in [0.05, 0.1) is 13.0 Å². The van der Waals surface area contributed by atoms with E-state index in [2.05, 4.69) is 40.2 Å². The maximum atomic E-state index is 11.8. The SMILES string of the molecule is COC(=O)[C@@H]1CCCC[C@@H]1C=Cc1ccc(Br)cc1. The summed E-state index contributed by atoms with van der Waals surface area (Å²) in [6.45, 7) is 0. The van der Waals surface area contributed by atoms with E-state index in [1.54, 1.807) is 0 Å². The highest BCUT2D eigenvalue weighted by Crippen LogP contribution is 2.32. The molecule has 0 saturated heterocycles. The van der Waals surface area contributed by atoms with Crippen LogP contribution < -0.4 is 0 Å². The van der Waals surface area contributed by atoms with Crippen LogP contribution in [0, 0.1) is 11.8 Å². The summed E-state index contributed by atoms with van der Waals surface area (Å²) >= 11 is 3.43. The van der Waals surface area contributed by atoms with Crippen molar-refractivity contribution in [2.45, 2.75) is 25.7 Å². The maximum Gasteiger partial charge on any atom is 0.309 e. The number of allylic oxidation sites excluding steroid dienone is 1. The van der Waals surface area contributed by atoms with Crippen LogP contribution in [0.25, 0.3) is 6.08 Å². The largest absolute Gasteiger partial charge is 0.469 e. The van der Waals surface area contributed by atoms with E-state index in [0.717, 1.165) is 29.3 Å². The van der Waals surface area contributed by atoms with Crippen LogP contribution in [0.4, 0.5) is 0 Å². The van der Waals surface area contributed by atoms with Crippen molar-refractivity contribution in [2.75, 3.05) is 7.11 Å². The van der Waals surface area contributed by atoms with E-state index in [4.69, 9.17) is 4.74 Å². The fraction of sp³-hybridized carbons (Fsp3) is 0.438. The Morgan fingerprint density at radius 3 is 2.63 bits per heavy atom. The summed E-state index contributed by atoms with van der Waals surface area (Å²) in [5.74, 6) is 0.278. The number of rotatable bonds is 3. The van der Waals surface area contributed by atoms with Crippen molar-refractivity contribution in [1.29, 1.82) is 0 Å². The Bertz CT molecular complexity index is 450. The van der Waals surface area contributed by atoms with Gasteiger partial charge in [0.2, 0.25) is 0 Å². The monoisotopic (exact) mass is 322 g/mol. The van der Waals surface area contributed by atoms with Crippen molar-refractivity contribution in [3.05, 3.63) is 40.4 Å². The van der Waals surface area contributed by atoms with E-state index < -0.39 is 0 Å². The molecule has 0 bridgehead atoms. The number of carbonyl (C=O) groups excluding carboxylic acids is 1. The number of halogens is 1. The number of methoxy groups -OCH3 is 1. The first-order valence-electron chi connectivity index (χ1n) is 6.72. The van der Waals surface area contributed by atoms with Crippen LogP contribution >= 0.6 is 15.9 Å². The molecule has 2 nitrogen and oxygen atoms in total. The topological polar surface area (TPSA) is 26.3 Å². The summed E-state index contributed by atoms with van der Waals surface area (Å²) in [5, 5.41) is 0. The second-order valence-corrected chi connectivity index (χ2v) is 5.90. The van der Waals surface area contributed by atoms with Crippen molar-refractivity contribution < 1.29 is 9.53 Å². The average Bonchev–Trinajstić information content (AvgIpc) is 2.46. The third-order valence-corrected chi connectivity index (χ3v) is 4.26. The lowest BCUT2D eigenvalue weighted by Crippen LogP contribution is -2.26. The summed E-state index contributed by atoms with van der Waals surface area (Å²) in [5.41, 5.74) is 1.16. The minimum absolute atomic E-state index is 0.0328. The van der Waals surface area contributed by atoms with Crippen molar-refractivity contribution >= 4 is 28.0 Å². The second-order valence-electron chi connectivity index (χ2n) is 4.99. The molecule has 0 spiro atoms. The first-order chi connectivity index (χ1) is 9.20. The molecule has 1 aromatic rings. The van der Waals surface area contributed by atoms with E-state index in [9.17, 15) is 4.79 Å². The van der Waals surface area contributed by atoms with E-state index in [1.165, 1.54) is 13.5 Å². The van der Waals surface area contributed by atoms with Gasteiger partial charge in [0.25, 0.3) is 0 Å². The molecule has 102 valence electrons. The van der Waals surface area contributed by atoms with E-state index in [1.807, 2.05) is 12.1 Å². The zero-order chi connectivity index (χ0) is 13.7. The molecule has 1 saturated carbocycles. The Hall–Kier alpha value is -1.09. The molecule has 1 aliphatic carbocycles. The van der Waals surface area contributed by atoms with Gasteiger partial charge >= 0.3 is 5.97 Å². The minimum atomic E-state index is -0.0647. The Morgan fingerprint density at radius 2 is 1.95 bits per heavy atom. The highest BCUT2D eigenvalue weighted by molar-refractivity contribution is 9.10. The normalized spacial score (nSPS) is 23.5. The second kappa shape index (κ2) is 6.90. The highest BCUT2D eigenvalue weighted by atomic mass is 79.9. The summed E-state index contributed by atoms with van der Waals surface area (Å²) in [6, 6.07) is 8.18. The standard InChI is InChI=1S/C16H19BrO2/c1-19-16(18)15-5-3-2-4-13(15)9-6-12-7-10-14(17)11-8-12/h6-11,13,15H,2-5H2,1H3/t13-,15-/m1/s1. The van der Waals surface area contributed by atoms with E-state index >= 15 is 0 Å². The van der Waals surface area contributed by atoms with Crippen LogP contribution in [-0.4, -0.2) is 13.1 Å². The number of hydrogen-bond acceptors (Lipinski definition) is 2. The molecule has 2 atom stereocenters. The Balaban J connectivity index is 2.06. The third-order valence-electron chi connectivity index (χ3n) is 3.73. The van der Waals surface area contributed by atoms with Gasteiger partial charge in [-0.2, -0.15) is 0 Å². The van der Waals surface area contributed by atoms with E-state index in [0.29, 0.717) is 5.92 Å². The summed E-state index contributed by atoms with van der Waals surface area (Å²) in [7, 11) is 1.48. The van der Waals surface area contributed by atoms with Crippen molar-refractivity contribution in [3.8, 4) is 0 Å². The van der Waals surface area contributed by atoms with Crippen LogP contribution in [-0.2, 0) is 9.53 Å². The van der Waals surface area contributed by atoms with Gasteiger partial charge < -0.3 is 4.74 Å². The first-order valence-corrected chi connectivity index (χ1v) is 7.51. The van der Waals surface area contributed by atoms with Crippen LogP contribution in [0.5, 0.6) is 0 Å². The molecule has 0 aliphatic heterocycles. The fourth-order valence-electron chi connectivity index (χ4n) is 2.64. The predicted molar refractivity (Wildman–Crippen MR) is 80.6 cm³/mol. The predicted octanol–water partition coefficient (Wildman–Crippen LogP) is 4.44. The molecule has 0 aromatic heterocycles. The molecule has 0 N–H and O–H groups in total. The molecule has 0 unspecified atom stereocenters. The molecule has 1 fully saturated rings. The van der Waals surface area contributed by atoms with Gasteiger partial charge in [-0.3, -0.25) is 4.79 Å². The molecular weight excluding hydrogens is 304 g/mol. The van der Waals surface area contributed by atoms with Gasteiger partial charge in [0.1, 0.15) is 0 Å².